The van der Waals surface area contributed by atoms with Crippen molar-refractivity contribution in [3.63, 3.8) is 0 Å². The van der Waals surface area contributed by atoms with Gasteiger partial charge in [0, 0.05) is 24.2 Å². The Hall–Kier alpha value is -3.24. The Morgan fingerprint density at radius 1 is 1.20 bits per heavy atom. The SMILES string of the molecule is O=C(Cc1csc(NC(=O)c2ccco2)n1)Nc1ccc(N2CCOCC2)c(F)c1. The average molecular weight is 430 g/mol. The van der Waals surface area contributed by atoms with Crippen LogP contribution in [0.4, 0.5) is 20.9 Å². The smallest absolute Gasteiger partial charge is 0.293 e. The van der Waals surface area contributed by atoms with Crippen LogP contribution in [0.5, 0.6) is 0 Å². The van der Waals surface area contributed by atoms with Crippen LogP contribution in [0.2, 0.25) is 0 Å². The zero-order valence-electron chi connectivity index (χ0n) is 15.9. The molecule has 0 saturated carbocycles. The fourth-order valence-electron chi connectivity index (χ4n) is 3.03. The first kappa shape index (κ1) is 20.0. The Morgan fingerprint density at radius 3 is 2.77 bits per heavy atom. The Balaban J connectivity index is 1.33. The van der Waals surface area contributed by atoms with Crippen molar-refractivity contribution in [1.29, 1.82) is 0 Å². The maximum Gasteiger partial charge on any atom is 0.293 e. The summed E-state index contributed by atoms with van der Waals surface area (Å²) in [5, 5.41) is 7.33. The van der Waals surface area contributed by atoms with Gasteiger partial charge >= 0.3 is 0 Å². The highest BCUT2D eigenvalue weighted by Gasteiger charge is 2.17. The molecule has 8 nitrogen and oxygen atoms in total. The van der Waals surface area contributed by atoms with Gasteiger partial charge in [0.2, 0.25) is 5.91 Å². The molecule has 0 atom stereocenters. The number of anilines is 3. The molecule has 1 saturated heterocycles. The number of hydrogen-bond acceptors (Lipinski definition) is 7. The predicted molar refractivity (Wildman–Crippen MR) is 111 cm³/mol. The highest BCUT2D eigenvalue weighted by molar-refractivity contribution is 7.14. The van der Waals surface area contributed by atoms with Crippen LogP contribution in [0.15, 0.2) is 46.4 Å². The van der Waals surface area contributed by atoms with E-state index in [1.54, 1.807) is 29.6 Å². The van der Waals surface area contributed by atoms with Gasteiger partial charge in [-0.15, -0.1) is 11.3 Å². The van der Waals surface area contributed by atoms with Crippen molar-refractivity contribution >= 4 is 39.7 Å². The lowest BCUT2D eigenvalue weighted by atomic mass is 10.2. The first-order valence-corrected chi connectivity index (χ1v) is 10.2. The molecule has 2 amide bonds. The summed E-state index contributed by atoms with van der Waals surface area (Å²) in [6.07, 6.45) is 1.41. The van der Waals surface area contributed by atoms with Crippen LogP contribution >= 0.6 is 11.3 Å². The van der Waals surface area contributed by atoms with Crippen LogP contribution in [-0.2, 0) is 16.0 Å². The van der Waals surface area contributed by atoms with Crippen molar-refractivity contribution in [2.45, 2.75) is 6.42 Å². The second-order valence-electron chi connectivity index (χ2n) is 6.57. The van der Waals surface area contributed by atoms with Crippen molar-refractivity contribution in [2.24, 2.45) is 0 Å². The fourth-order valence-corrected chi connectivity index (χ4v) is 3.73. The van der Waals surface area contributed by atoms with E-state index in [4.69, 9.17) is 9.15 Å². The molecule has 0 spiro atoms. The van der Waals surface area contributed by atoms with Crippen LogP contribution in [0.1, 0.15) is 16.2 Å². The van der Waals surface area contributed by atoms with Gasteiger partial charge in [-0.05, 0) is 30.3 Å². The van der Waals surface area contributed by atoms with E-state index in [0.29, 0.717) is 48.5 Å². The summed E-state index contributed by atoms with van der Waals surface area (Å²) >= 11 is 1.20. The van der Waals surface area contributed by atoms with Crippen molar-refractivity contribution in [3.05, 3.63) is 59.2 Å². The number of benzene rings is 1. The molecule has 1 aliphatic rings. The maximum atomic E-state index is 14.5. The Bertz CT molecular complexity index is 1030. The summed E-state index contributed by atoms with van der Waals surface area (Å²) in [4.78, 5) is 30.4. The van der Waals surface area contributed by atoms with E-state index < -0.39 is 11.7 Å². The molecule has 30 heavy (non-hydrogen) atoms. The van der Waals surface area contributed by atoms with E-state index in [-0.39, 0.29) is 18.1 Å². The molecule has 3 aromatic rings. The number of nitrogens with zero attached hydrogens (tertiary/aromatic N) is 2. The molecule has 1 fully saturated rings. The van der Waals surface area contributed by atoms with E-state index in [1.807, 2.05) is 4.90 Å². The van der Waals surface area contributed by atoms with Crippen molar-refractivity contribution < 1.29 is 23.1 Å². The van der Waals surface area contributed by atoms with Gasteiger partial charge in [0.15, 0.2) is 10.9 Å². The first-order chi connectivity index (χ1) is 14.6. The monoisotopic (exact) mass is 430 g/mol. The van der Waals surface area contributed by atoms with Gasteiger partial charge in [0.1, 0.15) is 5.82 Å². The lowest BCUT2D eigenvalue weighted by Gasteiger charge is -2.29. The molecule has 2 aromatic heterocycles. The predicted octanol–water partition coefficient (Wildman–Crippen LogP) is 3.15. The van der Waals surface area contributed by atoms with Gasteiger partial charge in [-0.1, -0.05) is 0 Å². The van der Waals surface area contributed by atoms with E-state index >= 15 is 0 Å². The topological polar surface area (TPSA) is 96.7 Å². The quantitative estimate of drug-likeness (QED) is 0.624. The van der Waals surface area contributed by atoms with E-state index in [1.165, 1.54) is 23.7 Å². The third-order valence-electron chi connectivity index (χ3n) is 4.44. The number of aromatic nitrogens is 1. The number of amides is 2. The number of carbonyl (C=O) groups is 2. The molecular weight excluding hydrogens is 411 g/mol. The normalized spacial score (nSPS) is 13.8. The standard InChI is InChI=1S/C20H19FN4O4S/c21-15-10-13(3-4-16(15)25-5-8-28-9-6-25)22-18(26)11-14-12-30-20(23-14)24-19(27)17-2-1-7-29-17/h1-4,7,10,12H,5-6,8-9,11H2,(H,22,26)(H,23,24,27). The van der Waals surface area contributed by atoms with Crippen molar-refractivity contribution in [2.75, 3.05) is 41.8 Å². The van der Waals surface area contributed by atoms with E-state index in [9.17, 15) is 14.0 Å². The zero-order chi connectivity index (χ0) is 20.9. The minimum absolute atomic E-state index is 0.0000429. The van der Waals surface area contributed by atoms with Gasteiger partial charge < -0.3 is 19.4 Å². The zero-order valence-corrected chi connectivity index (χ0v) is 16.7. The van der Waals surface area contributed by atoms with E-state index in [2.05, 4.69) is 15.6 Å². The molecule has 3 heterocycles. The third kappa shape index (κ3) is 4.84. The Morgan fingerprint density at radius 2 is 2.03 bits per heavy atom. The lowest BCUT2D eigenvalue weighted by molar-refractivity contribution is -0.115. The number of morpholine rings is 1. The second kappa shape index (κ2) is 9.06. The molecule has 2 N–H and O–H groups in total. The number of halogens is 1. The number of furan rings is 1. The molecule has 0 aliphatic carbocycles. The van der Waals surface area contributed by atoms with Crippen LogP contribution in [0, 0.1) is 5.82 Å². The molecular formula is C20H19FN4O4S. The van der Waals surface area contributed by atoms with Gasteiger partial charge in [-0.25, -0.2) is 9.37 Å². The summed E-state index contributed by atoms with van der Waals surface area (Å²) < 4.78 is 24.8. The average Bonchev–Trinajstić information content (AvgIpc) is 3.41. The number of nitrogens with one attached hydrogen (secondary N) is 2. The molecule has 1 aromatic carbocycles. The molecule has 4 rings (SSSR count). The second-order valence-corrected chi connectivity index (χ2v) is 7.42. The Kier molecular flexibility index (Phi) is 6.05. The largest absolute Gasteiger partial charge is 0.459 e. The van der Waals surface area contributed by atoms with Gasteiger partial charge in [-0.2, -0.15) is 0 Å². The molecule has 0 radical (unpaired) electrons. The molecule has 1 aliphatic heterocycles. The van der Waals surface area contributed by atoms with Crippen LogP contribution in [-0.4, -0.2) is 43.1 Å². The third-order valence-corrected chi connectivity index (χ3v) is 5.25. The van der Waals surface area contributed by atoms with Gasteiger partial charge in [0.05, 0.1) is 37.3 Å². The minimum Gasteiger partial charge on any atom is -0.459 e. The van der Waals surface area contributed by atoms with E-state index in [0.717, 1.165) is 0 Å². The fraction of sp³-hybridized carbons (Fsp3) is 0.250. The maximum absolute atomic E-state index is 14.5. The highest BCUT2D eigenvalue weighted by atomic mass is 32.1. The van der Waals surface area contributed by atoms with Crippen molar-refractivity contribution in [3.8, 4) is 0 Å². The van der Waals surface area contributed by atoms with Gasteiger partial charge in [0.25, 0.3) is 5.91 Å². The number of hydrogen-bond donors (Lipinski definition) is 2. The summed E-state index contributed by atoms with van der Waals surface area (Å²) in [5.74, 6) is -0.970. The molecule has 0 bridgehead atoms. The lowest BCUT2D eigenvalue weighted by Crippen LogP contribution is -2.36. The molecule has 0 unspecified atom stereocenters. The minimum atomic E-state index is -0.416. The number of ether oxygens (including phenoxy) is 1. The van der Waals surface area contributed by atoms with Gasteiger partial charge in [-0.3, -0.25) is 14.9 Å². The highest BCUT2D eigenvalue weighted by Crippen LogP contribution is 2.24. The first-order valence-electron chi connectivity index (χ1n) is 9.30. The van der Waals surface area contributed by atoms with Crippen molar-refractivity contribution in [1.82, 2.24) is 4.98 Å². The molecule has 156 valence electrons. The number of thiazole rings is 1. The summed E-state index contributed by atoms with van der Waals surface area (Å²) in [6.45, 7) is 2.39. The van der Waals surface area contributed by atoms with Crippen LogP contribution in [0.25, 0.3) is 0 Å². The summed E-state index contributed by atoms with van der Waals surface area (Å²) in [5.41, 5.74) is 1.36. The van der Waals surface area contributed by atoms with Crippen LogP contribution < -0.4 is 15.5 Å². The number of rotatable bonds is 6. The summed E-state index contributed by atoms with van der Waals surface area (Å²) in [6, 6.07) is 7.78. The summed E-state index contributed by atoms with van der Waals surface area (Å²) in [7, 11) is 0. The van der Waals surface area contributed by atoms with Crippen LogP contribution in [0.3, 0.4) is 0 Å². The molecule has 10 heteroatoms. The number of carbonyl (C=O) groups excluding carboxylic acids is 2. The Labute approximate surface area is 175 Å².